The van der Waals surface area contributed by atoms with Crippen LogP contribution in [0.4, 0.5) is 0 Å². The maximum Gasteiger partial charge on any atom is 0.134 e. The van der Waals surface area contributed by atoms with Crippen molar-refractivity contribution < 1.29 is 4.42 Å². The number of benzene rings is 1. The summed E-state index contributed by atoms with van der Waals surface area (Å²) in [5.41, 5.74) is 8.05. The molecule has 2 N–H and O–H groups in total. The smallest absolute Gasteiger partial charge is 0.134 e. The Hall–Kier alpha value is -1.36. The molecule has 108 valence electrons. The molecule has 0 unspecified atom stereocenters. The quantitative estimate of drug-likeness (QED) is 0.929. The van der Waals surface area contributed by atoms with E-state index in [0.29, 0.717) is 6.54 Å². The van der Waals surface area contributed by atoms with Gasteiger partial charge in [0.15, 0.2) is 0 Å². The van der Waals surface area contributed by atoms with Crippen molar-refractivity contribution in [3.8, 4) is 0 Å². The first-order chi connectivity index (χ1) is 9.78. The maximum absolute atomic E-state index is 6.03. The minimum absolute atomic E-state index is 0.542. The SMILES string of the molecule is CN1CCCN(Cc2oc3ccccc3c2CN)CC1. The molecular weight excluding hydrogens is 250 g/mol. The van der Waals surface area contributed by atoms with Crippen LogP contribution in [-0.2, 0) is 13.1 Å². The van der Waals surface area contributed by atoms with Gasteiger partial charge in [0.05, 0.1) is 6.54 Å². The lowest BCUT2D eigenvalue weighted by atomic mass is 10.1. The molecule has 1 aromatic heterocycles. The molecule has 2 aromatic rings. The summed E-state index contributed by atoms with van der Waals surface area (Å²) in [5, 5.41) is 1.16. The molecule has 3 rings (SSSR count). The fraction of sp³-hybridized carbons (Fsp3) is 0.500. The van der Waals surface area contributed by atoms with E-state index >= 15 is 0 Å². The van der Waals surface area contributed by atoms with Gasteiger partial charge in [-0.2, -0.15) is 0 Å². The van der Waals surface area contributed by atoms with Crippen molar-refractivity contribution >= 4 is 11.0 Å². The molecule has 4 heteroatoms. The van der Waals surface area contributed by atoms with Crippen molar-refractivity contribution in [3.63, 3.8) is 0 Å². The van der Waals surface area contributed by atoms with E-state index in [-0.39, 0.29) is 0 Å². The number of furan rings is 1. The van der Waals surface area contributed by atoms with Crippen LogP contribution in [0.15, 0.2) is 28.7 Å². The van der Waals surface area contributed by atoms with Crippen LogP contribution in [0.25, 0.3) is 11.0 Å². The Morgan fingerprint density at radius 2 is 2.00 bits per heavy atom. The summed E-state index contributed by atoms with van der Waals surface area (Å²) in [6.45, 7) is 5.94. The van der Waals surface area contributed by atoms with Crippen molar-refractivity contribution in [2.75, 3.05) is 33.2 Å². The van der Waals surface area contributed by atoms with Gasteiger partial charge in [-0.25, -0.2) is 0 Å². The second kappa shape index (κ2) is 5.95. The van der Waals surface area contributed by atoms with Crippen LogP contribution in [0.1, 0.15) is 17.7 Å². The van der Waals surface area contributed by atoms with Crippen molar-refractivity contribution in [2.45, 2.75) is 19.5 Å². The molecule has 1 aliphatic heterocycles. The Labute approximate surface area is 120 Å². The van der Waals surface area contributed by atoms with Gasteiger partial charge in [0.2, 0.25) is 0 Å². The van der Waals surface area contributed by atoms with E-state index in [1.54, 1.807) is 0 Å². The number of nitrogens with zero attached hydrogens (tertiary/aromatic N) is 2. The lowest BCUT2D eigenvalue weighted by molar-refractivity contribution is 0.250. The molecule has 0 spiro atoms. The highest BCUT2D eigenvalue weighted by Gasteiger charge is 2.18. The number of rotatable bonds is 3. The first kappa shape index (κ1) is 13.6. The third kappa shape index (κ3) is 2.73. The van der Waals surface area contributed by atoms with Crippen LogP contribution in [0.5, 0.6) is 0 Å². The van der Waals surface area contributed by atoms with Gasteiger partial charge < -0.3 is 15.1 Å². The molecule has 2 heterocycles. The van der Waals surface area contributed by atoms with Gasteiger partial charge in [0, 0.05) is 30.6 Å². The molecule has 1 aromatic carbocycles. The number of nitrogens with two attached hydrogens (primary N) is 1. The minimum Gasteiger partial charge on any atom is -0.459 e. The Morgan fingerprint density at radius 1 is 1.15 bits per heavy atom. The fourth-order valence-electron chi connectivity index (χ4n) is 2.96. The second-order valence-corrected chi connectivity index (χ2v) is 5.64. The van der Waals surface area contributed by atoms with Crippen molar-refractivity contribution in [1.29, 1.82) is 0 Å². The zero-order valence-electron chi connectivity index (χ0n) is 12.1. The zero-order valence-corrected chi connectivity index (χ0v) is 12.1. The van der Waals surface area contributed by atoms with Crippen LogP contribution < -0.4 is 5.73 Å². The van der Waals surface area contributed by atoms with Crippen LogP contribution in [-0.4, -0.2) is 43.0 Å². The van der Waals surface area contributed by atoms with Crippen LogP contribution in [0.2, 0.25) is 0 Å². The van der Waals surface area contributed by atoms with Crippen LogP contribution in [0, 0.1) is 0 Å². The van der Waals surface area contributed by atoms with Crippen molar-refractivity contribution in [3.05, 3.63) is 35.6 Å². The van der Waals surface area contributed by atoms with E-state index in [1.807, 2.05) is 18.2 Å². The first-order valence-corrected chi connectivity index (χ1v) is 7.38. The third-order valence-corrected chi connectivity index (χ3v) is 4.17. The Morgan fingerprint density at radius 3 is 2.85 bits per heavy atom. The highest BCUT2D eigenvalue weighted by molar-refractivity contribution is 5.82. The molecule has 0 saturated carbocycles. The molecule has 0 bridgehead atoms. The standard InChI is InChI=1S/C16H23N3O/c1-18-7-4-8-19(10-9-18)12-16-14(11-17)13-5-2-3-6-15(13)20-16/h2-3,5-6H,4,7-12,17H2,1H3. The average molecular weight is 273 g/mol. The highest BCUT2D eigenvalue weighted by Crippen LogP contribution is 2.26. The van der Waals surface area contributed by atoms with Crippen LogP contribution in [0.3, 0.4) is 0 Å². The molecule has 0 amide bonds. The van der Waals surface area contributed by atoms with E-state index in [1.165, 1.54) is 18.5 Å². The molecule has 0 radical (unpaired) electrons. The highest BCUT2D eigenvalue weighted by atomic mass is 16.3. The van der Waals surface area contributed by atoms with E-state index in [0.717, 1.165) is 42.9 Å². The van der Waals surface area contributed by atoms with Crippen molar-refractivity contribution in [2.24, 2.45) is 5.73 Å². The van der Waals surface area contributed by atoms with E-state index in [4.69, 9.17) is 10.2 Å². The average Bonchev–Trinajstić information content (AvgIpc) is 2.68. The van der Waals surface area contributed by atoms with Crippen molar-refractivity contribution in [1.82, 2.24) is 9.80 Å². The number of fused-ring (bicyclic) bond motifs is 1. The molecule has 1 aliphatic rings. The Bertz CT molecular complexity index is 578. The summed E-state index contributed by atoms with van der Waals surface area (Å²) >= 11 is 0. The van der Waals surface area contributed by atoms with Gasteiger partial charge in [0.25, 0.3) is 0 Å². The molecule has 1 fully saturated rings. The van der Waals surface area contributed by atoms with Gasteiger partial charge >= 0.3 is 0 Å². The molecule has 1 saturated heterocycles. The Kier molecular flexibility index (Phi) is 4.05. The summed E-state index contributed by atoms with van der Waals surface area (Å²) in [4.78, 5) is 4.86. The molecule has 0 aliphatic carbocycles. The minimum atomic E-state index is 0.542. The summed E-state index contributed by atoms with van der Waals surface area (Å²) in [7, 11) is 2.19. The lowest BCUT2D eigenvalue weighted by Crippen LogP contribution is -2.28. The lowest BCUT2D eigenvalue weighted by Gasteiger charge is -2.19. The normalized spacial score (nSPS) is 18.5. The zero-order chi connectivity index (χ0) is 13.9. The third-order valence-electron chi connectivity index (χ3n) is 4.17. The predicted molar refractivity (Wildman–Crippen MR) is 81.5 cm³/mol. The van der Waals surface area contributed by atoms with Gasteiger partial charge in [-0.15, -0.1) is 0 Å². The molecule has 20 heavy (non-hydrogen) atoms. The Balaban J connectivity index is 1.83. The predicted octanol–water partition coefficient (Wildman–Crippen LogP) is 2.03. The van der Waals surface area contributed by atoms with Gasteiger partial charge in [-0.1, -0.05) is 18.2 Å². The summed E-state index contributed by atoms with van der Waals surface area (Å²) in [6.07, 6.45) is 1.22. The monoisotopic (exact) mass is 273 g/mol. The van der Waals surface area contributed by atoms with Gasteiger partial charge in [-0.05, 0) is 32.6 Å². The molecule has 0 atom stereocenters. The second-order valence-electron chi connectivity index (χ2n) is 5.64. The van der Waals surface area contributed by atoms with Gasteiger partial charge in [-0.3, -0.25) is 4.90 Å². The number of hydrogen-bond donors (Lipinski definition) is 1. The number of hydrogen-bond acceptors (Lipinski definition) is 4. The largest absolute Gasteiger partial charge is 0.459 e. The maximum atomic E-state index is 6.03. The fourth-order valence-corrected chi connectivity index (χ4v) is 2.96. The number of para-hydroxylation sites is 1. The topological polar surface area (TPSA) is 45.6 Å². The van der Waals surface area contributed by atoms with E-state index in [2.05, 4.69) is 22.9 Å². The summed E-state index contributed by atoms with van der Waals surface area (Å²) < 4.78 is 6.03. The van der Waals surface area contributed by atoms with E-state index < -0.39 is 0 Å². The van der Waals surface area contributed by atoms with E-state index in [9.17, 15) is 0 Å². The van der Waals surface area contributed by atoms with Gasteiger partial charge in [0.1, 0.15) is 11.3 Å². The molecular formula is C16H23N3O. The first-order valence-electron chi connectivity index (χ1n) is 7.38. The summed E-state index contributed by atoms with van der Waals surface area (Å²) in [6, 6.07) is 8.17. The molecule has 4 nitrogen and oxygen atoms in total. The van der Waals surface area contributed by atoms with Crippen LogP contribution >= 0.6 is 0 Å². The number of likely N-dealkylation sites (N-methyl/N-ethyl adjacent to an activating group) is 1. The summed E-state index contributed by atoms with van der Waals surface area (Å²) in [5.74, 6) is 1.04.